The van der Waals surface area contributed by atoms with Crippen LogP contribution in [-0.4, -0.2) is 16.6 Å². The van der Waals surface area contributed by atoms with Crippen LogP contribution in [0, 0.1) is 0 Å². The number of ether oxygens (including phenoxy) is 1. The molecule has 0 bridgehead atoms. The summed E-state index contributed by atoms with van der Waals surface area (Å²) < 4.78 is 5.63. The molecule has 0 saturated heterocycles. The van der Waals surface area contributed by atoms with Crippen LogP contribution < -0.4 is 10.1 Å². The second kappa shape index (κ2) is 4.64. The zero-order chi connectivity index (χ0) is 12.4. The zero-order valence-corrected chi connectivity index (χ0v) is 10.3. The summed E-state index contributed by atoms with van der Waals surface area (Å²) in [5.41, 5.74) is 2.23. The van der Waals surface area contributed by atoms with Gasteiger partial charge >= 0.3 is 0 Å². The van der Waals surface area contributed by atoms with Crippen LogP contribution in [0.2, 0.25) is 0 Å². The smallest absolute Gasteiger partial charge is 0.130 e. The fourth-order valence-corrected chi connectivity index (χ4v) is 2.13. The molecule has 0 aliphatic carbocycles. The predicted octanol–water partition coefficient (Wildman–Crippen LogP) is 2.58. The van der Waals surface area contributed by atoms with Gasteiger partial charge in [-0.05, 0) is 12.5 Å². The van der Waals surface area contributed by atoms with Gasteiger partial charge < -0.3 is 10.1 Å². The number of aromatic nitrogens is 2. The summed E-state index contributed by atoms with van der Waals surface area (Å²) in [6.07, 6.45) is 2.51. The van der Waals surface area contributed by atoms with Crippen LogP contribution in [0.3, 0.4) is 0 Å². The number of para-hydroxylation sites is 1. The maximum absolute atomic E-state index is 5.63. The summed E-state index contributed by atoms with van der Waals surface area (Å²) in [7, 11) is 0. The van der Waals surface area contributed by atoms with E-state index in [0.29, 0.717) is 6.61 Å². The van der Waals surface area contributed by atoms with Gasteiger partial charge in [-0.25, -0.2) is 9.97 Å². The van der Waals surface area contributed by atoms with Gasteiger partial charge in [0.15, 0.2) is 0 Å². The highest BCUT2D eigenvalue weighted by Crippen LogP contribution is 2.33. The quantitative estimate of drug-likeness (QED) is 0.897. The second-order valence-corrected chi connectivity index (χ2v) is 4.29. The van der Waals surface area contributed by atoms with Crippen molar-refractivity contribution >= 4 is 5.82 Å². The molecular weight excluding hydrogens is 226 g/mol. The molecule has 2 aromatic rings. The van der Waals surface area contributed by atoms with Crippen molar-refractivity contribution in [3.05, 3.63) is 47.9 Å². The van der Waals surface area contributed by atoms with Crippen LogP contribution in [0.5, 0.6) is 5.75 Å². The molecule has 92 valence electrons. The predicted molar refractivity (Wildman–Crippen MR) is 69.7 cm³/mol. The van der Waals surface area contributed by atoms with Crippen LogP contribution in [0.25, 0.3) is 0 Å². The third-order valence-electron chi connectivity index (χ3n) is 3.11. The minimum atomic E-state index is 0.167. The van der Waals surface area contributed by atoms with E-state index in [1.165, 1.54) is 5.56 Å². The normalized spacial score (nSPS) is 17.1. The summed E-state index contributed by atoms with van der Waals surface area (Å²) in [4.78, 5) is 8.44. The Morgan fingerprint density at radius 2 is 2.22 bits per heavy atom. The molecule has 0 amide bonds. The van der Waals surface area contributed by atoms with Crippen molar-refractivity contribution in [3.8, 4) is 5.75 Å². The number of rotatable bonds is 3. The molecule has 0 fully saturated rings. The van der Waals surface area contributed by atoms with Gasteiger partial charge in [0, 0.05) is 17.3 Å². The molecule has 4 nitrogen and oxygen atoms in total. The lowest BCUT2D eigenvalue weighted by molar-refractivity contribution is 0.339. The number of nitrogens with zero attached hydrogens (tertiary/aromatic N) is 2. The Morgan fingerprint density at radius 1 is 1.33 bits per heavy atom. The Bertz CT molecular complexity index is 556. The summed E-state index contributed by atoms with van der Waals surface area (Å²) in [5, 5.41) is 3.40. The molecular formula is C14H15N3O. The number of hydrogen-bond acceptors (Lipinski definition) is 4. The van der Waals surface area contributed by atoms with E-state index in [0.717, 1.165) is 23.7 Å². The number of benzene rings is 1. The number of nitrogens with one attached hydrogen (secondary N) is 1. The molecule has 1 aromatic carbocycles. The average molecular weight is 241 g/mol. The first-order chi connectivity index (χ1) is 8.86. The second-order valence-electron chi connectivity index (χ2n) is 4.29. The van der Waals surface area contributed by atoms with Gasteiger partial charge in [-0.15, -0.1) is 0 Å². The minimum absolute atomic E-state index is 0.167. The summed E-state index contributed by atoms with van der Waals surface area (Å²) in [6, 6.07) is 10.2. The first kappa shape index (κ1) is 11.0. The molecule has 1 aromatic heterocycles. The van der Waals surface area contributed by atoms with Crippen molar-refractivity contribution in [1.29, 1.82) is 0 Å². The Labute approximate surface area is 106 Å². The Morgan fingerprint density at radius 3 is 3.11 bits per heavy atom. The molecule has 1 N–H and O–H groups in total. The number of fused-ring (bicyclic) bond motifs is 1. The van der Waals surface area contributed by atoms with Crippen LogP contribution in [-0.2, 0) is 6.42 Å². The monoisotopic (exact) mass is 241 g/mol. The van der Waals surface area contributed by atoms with Crippen molar-refractivity contribution in [2.24, 2.45) is 0 Å². The van der Waals surface area contributed by atoms with E-state index in [4.69, 9.17) is 4.74 Å². The van der Waals surface area contributed by atoms with Gasteiger partial charge in [0.2, 0.25) is 0 Å². The molecule has 1 unspecified atom stereocenters. The van der Waals surface area contributed by atoms with E-state index in [1.807, 2.05) is 24.3 Å². The van der Waals surface area contributed by atoms with Crippen molar-refractivity contribution in [2.75, 3.05) is 11.9 Å². The average Bonchev–Trinajstić information content (AvgIpc) is 2.83. The van der Waals surface area contributed by atoms with Gasteiger partial charge in [0.1, 0.15) is 24.5 Å². The Balaban J connectivity index is 1.82. The van der Waals surface area contributed by atoms with Gasteiger partial charge in [0.25, 0.3) is 0 Å². The first-order valence-electron chi connectivity index (χ1n) is 6.16. The number of anilines is 1. The minimum Gasteiger partial charge on any atom is -0.491 e. The van der Waals surface area contributed by atoms with Crippen LogP contribution >= 0.6 is 0 Å². The highest BCUT2D eigenvalue weighted by atomic mass is 16.5. The van der Waals surface area contributed by atoms with E-state index in [2.05, 4.69) is 28.3 Å². The van der Waals surface area contributed by atoms with Crippen molar-refractivity contribution in [1.82, 2.24) is 9.97 Å². The van der Waals surface area contributed by atoms with E-state index >= 15 is 0 Å². The molecule has 3 rings (SSSR count). The topological polar surface area (TPSA) is 47.0 Å². The first-order valence-corrected chi connectivity index (χ1v) is 6.16. The maximum Gasteiger partial charge on any atom is 0.130 e. The van der Waals surface area contributed by atoms with Gasteiger partial charge in [-0.2, -0.15) is 0 Å². The number of aryl methyl sites for hydroxylation is 1. The standard InChI is InChI=1S/C14H15N3O/c1-2-10-7-14(16-9-15-10)17-12-8-18-13-6-4-3-5-11(12)13/h3-7,9,12H,2,8H2,1H3,(H,15,16,17). The lowest BCUT2D eigenvalue weighted by Gasteiger charge is -2.12. The fourth-order valence-electron chi connectivity index (χ4n) is 2.13. The molecule has 0 spiro atoms. The lowest BCUT2D eigenvalue weighted by atomic mass is 10.1. The van der Waals surface area contributed by atoms with Gasteiger partial charge in [-0.1, -0.05) is 25.1 Å². The maximum atomic E-state index is 5.63. The van der Waals surface area contributed by atoms with E-state index in [-0.39, 0.29) is 6.04 Å². The molecule has 0 radical (unpaired) electrons. The van der Waals surface area contributed by atoms with Gasteiger partial charge in [-0.3, -0.25) is 0 Å². The Hall–Kier alpha value is -2.10. The third kappa shape index (κ3) is 2.01. The summed E-state index contributed by atoms with van der Waals surface area (Å²) in [5.74, 6) is 1.81. The van der Waals surface area contributed by atoms with Crippen molar-refractivity contribution < 1.29 is 4.74 Å². The van der Waals surface area contributed by atoms with Crippen molar-refractivity contribution in [2.45, 2.75) is 19.4 Å². The van der Waals surface area contributed by atoms with Gasteiger partial charge in [0.05, 0.1) is 6.04 Å². The number of hydrogen-bond donors (Lipinski definition) is 1. The van der Waals surface area contributed by atoms with E-state index in [9.17, 15) is 0 Å². The third-order valence-corrected chi connectivity index (χ3v) is 3.11. The van der Waals surface area contributed by atoms with Crippen LogP contribution in [0.1, 0.15) is 24.2 Å². The lowest BCUT2D eigenvalue weighted by Crippen LogP contribution is -2.13. The SMILES string of the molecule is CCc1cc(NC2COc3ccccc32)ncn1. The molecule has 2 heterocycles. The molecule has 1 aliphatic heterocycles. The Kier molecular flexibility index (Phi) is 2.84. The van der Waals surface area contributed by atoms with E-state index < -0.39 is 0 Å². The molecule has 0 saturated carbocycles. The molecule has 18 heavy (non-hydrogen) atoms. The fraction of sp³-hybridized carbons (Fsp3) is 0.286. The molecule has 1 atom stereocenters. The molecule has 4 heteroatoms. The van der Waals surface area contributed by atoms with Crippen LogP contribution in [0.15, 0.2) is 36.7 Å². The van der Waals surface area contributed by atoms with E-state index in [1.54, 1.807) is 6.33 Å². The highest BCUT2D eigenvalue weighted by molar-refractivity contribution is 5.46. The zero-order valence-electron chi connectivity index (χ0n) is 10.3. The van der Waals surface area contributed by atoms with Crippen LogP contribution in [0.4, 0.5) is 5.82 Å². The van der Waals surface area contributed by atoms with Crippen molar-refractivity contribution in [3.63, 3.8) is 0 Å². The molecule has 1 aliphatic rings. The summed E-state index contributed by atoms with van der Waals surface area (Å²) >= 11 is 0. The summed E-state index contributed by atoms with van der Waals surface area (Å²) in [6.45, 7) is 2.73. The highest BCUT2D eigenvalue weighted by Gasteiger charge is 2.23. The largest absolute Gasteiger partial charge is 0.491 e.